The summed E-state index contributed by atoms with van der Waals surface area (Å²) in [6, 6.07) is 2.95. The molecular formula is C17H23N3O7. The first-order valence-corrected chi connectivity index (χ1v) is 8.69. The fraction of sp³-hybridized carbons (Fsp3) is 0.529. The molecule has 27 heavy (non-hydrogen) atoms. The molecule has 2 atom stereocenters. The van der Waals surface area contributed by atoms with E-state index in [0.717, 1.165) is 12.8 Å². The molecule has 1 amide bonds. The molecule has 2 rings (SSSR count). The molecule has 0 unspecified atom stereocenters. The number of nitrogens with one attached hydrogen (secondary N) is 2. The van der Waals surface area contributed by atoms with E-state index >= 15 is 0 Å². The van der Waals surface area contributed by atoms with E-state index in [4.69, 9.17) is 9.47 Å². The Morgan fingerprint density at radius 1 is 1.48 bits per heavy atom. The molecule has 0 aliphatic carbocycles. The number of nitro groups is 1. The Balaban J connectivity index is 1.99. The molecule has 148 valence electrons. The lowest BCUT2D eigenvalue weighted by molar-refractivity contribution is -0.384. The highest BCUT2D eigenvalue weighted by atomic mass is 16.6. The highest BCUT2D eigenvalue weighted by Gasteiger charge is 2.25. The van der Waals surface area contributed by atoms with E-state index in [1.165, 1.54) is 18.2 Å². The van der Waals surface area contributed by atoms with Gasteiger partial charge in [-0.05, 0) is 31.9 Å². The third kappa shape index (κ3) is 6.19. The predicted molar refractivity (Wildman–Crippen MR) is 95.9 cm³/mol. The number of nitro benzene ring substituents is 1. The number of benzene rings is 1. The number of carbonyl (C=O) groups excluding carboxylic acids is 1. The molecule has 0 spiro atoms. The fourth-order valence-electron chi connectivity index (χ4n) is 2.74. The molecule has 10 heteroatoms. The van der Waals surface area contributed by atoms with Crippen LogP contribution in [0.15, 0.2) is 18.2 Å². The standard InChI is InChI=1S/C17H23N3O7/c1-2-26-11-5-6-13(15(8-11)20(24)25)19-16(21)9-14(17(22)23)18-10-12-4-3-7-27-12/h5-6,8,12,14,18H,2-4,7,9-10H2,1H3,(H,19,21)(H,22,23)/t12-,14+/m1/s1. The van der Waals surface area contributed by atoms with Crippen LogP contribution < -0.4 is 15.4 Å². The molecule has 1 saturated heterocycles. The smallest absolute Gasteiger partial charge is 0.321 e. The molecule has 1 aliphatic rings. The van der Waals surface area contributed by atoms with Crippen molar-refractivity contribution in [2.24, 2.45) is 0 Å². The Kier molecular flexibility index (Phi) is 7.50. The van der Waals surface area contributed by atoms with E-state index in [0.29, 0.717) is 25.5 Å². The Morgan fingerprint density at radius 3 is 2.85 bits per heavy atom. The lowest BCUT2D eigenvalue weighted by Crippen LogP contribution is -2.43. The Bertz CT molecular complexity index is 689. The van der Waals surface area contributed by atoms with Crippen LogP contribution >= 0.6 is 0 Å². The number of amides is 1. The molecular weight excluding hydrogens is 358 g/mol. The first-order chi connectivity index (χ1) is 12.9. The number of aliphatic carboxylic acids is 1. The van der Waals surface area contributed by atoms with Gasteiger partial charge in [-0.25, -0.2) is 0 Å². The number of hydrogen-bond donors (Lipinski definition) is 3. The van der Waals surface area contributed by atoms with Crippen LogP contribution in [0.2, 0.25) is 0 Å². The van der Waals surface area contributed by atoms with Gasteiger partial charge in [-0.15, -0.1) is 0 Å². The summed E-state index contributed by atoms with van der Waals surface area (Å²) in [7, 11) is 0. The van der Waals surface area contributed by atoms with Gasteiger partial charge in [-0.2, -0.15) is 0 Å². The molecule has 1 aromatic carbocycles. The zero-order valence-corrected chi connectivity index (χ0v) is 15.0. The van der Waals surface area contributed by atoms with Crippen LogP contribution in [-0.4, -0.2) is 53.8 Å². The number of carboxylic acids is 1. The second-order valence-corrected chi connectivity index (χ2v) is 6.06. The van der Waals surface area contributed by atoms with E-state index in [-0.39, 0.29) is 23.9 Å². The summed E-state index contributed by atoms with van der Waals surface area (Å²) in [6.45, 7) is 3.07. The van der Waals surface area contributed by atoms with Crippen molar-refractivity contribution in [2.45, 2.75) is 38.3 Å². The second kappa shape index (κ2) is 9.83. The Hall–Kier alpha value is -2.72. The van der Waals surface area contributed by atoms with Crippen LogP contribution in [0.4, 0.5) is 11.4 Å². The number of nitrogens with zero attached hydrogens (tertiary/aromatic N) is 1. The minimum Gasteiger partial charge on any atom is -0.494 e. The van der Waals surface area contributed by atoms with E-state index < -0.39 is 22.8 Å². The van der Waals surface area contributed by atoms with Crippen LogP contribution in [0.5, 0.6) is 5.75 Å². The summed E-state index contributed by atoms with van der Waals surface area (Å²) in [5, 5.41) is 25.7. The molecule has 0 bridgehead atoms. The molecule has 1 aromatic rings. The Labute approximate surface area is 156 Å². The largest absolute Gasteiger partial charge is 0.494 e. The summed E-state index contributed by atoms with van der Waals surface area (Å²) < 4.78 is 10.6. The first kappa shape index (κ1) is 20.6. The fourth-order valence-corrected chi connectivity index (χ4v) is 2.74. The van der Waals surface area contributed by atoms with Crippen molar-refractivity contribution in [3.8, 4) is 5.75 Å². The van der Waals surface area contributed by atoms with Crippen molar-refractivity contribution in [1.82, 2.24) is 5.32 Å². The average Bonchev–Trinajstić information content (AvgIpc) is 3.13. The normalized spacial score (nSPS) is 17.3. The van der Waals surface area contributed by atoms with Crippen LogP contribution in [0.3, 0.4) is 0 Å². The molecule has 10 nitrogen and oxygen atoms in total. The molecule has 0 radical (unpaired) electrons. The Morgan fingerprint density at radius 2 is 2.26 bits per heavy atom. The maximum atomic E-state index is 12.2. The number of anilines is 1. The van der Waals surface area contributed by atoms with Crippen molar-refractivity contribution < 1.29 is 29.1 Å². The van der Waals surface area contributed by atoms with E-state index in [1.54, 1.807) is 6.92 Å². The van der Waals surface area contributed by atoms with Crippen molar-refractivity contribution in [3.63, 3.8) is 0 Å². The van der Waals surface area contributed by atoms with Gasteiger partial charge in [0.05, 0.1) is 30.1 Å². The van der Waals surface area contributed by atoms with E-state index in [9.17, 15) is 24.8 Å². The van der Waals surface area contributed by atoms with Gasteiger partial charge < -0.3 is 25.2 Å². The van der Waals surface area contributed by atoms with Gasteiger partial charge in [-0.1, -0.05) is 0 Å². The summed E-state index contributed by atoms with van der Waals surface area (Å²) in [5.74, 6) is -1.51. The van der Waals surface area contributed by atoms with Crippen molar-refractivity contribution in [2.75, 3.05) is 25.1 Å². The summed E-state index contributed by atoms with van der Waals surface area (Å²) in [6.07, 6.45) is 1.32. The maximum Gasteiger partial charge on any atom is 0.321 e. The molecule has 3 N–H and O–H groups in total. The number of rotatable bonds is 10. The minimum absolute atomic E-state index is 0.0169. The number of ether oxygens (including phenoxy) is 2. The molecule has 1 aliphatic heterocycles. The van der Waals surface area contributed by atoms with Crippen LogP contribution in [0.25, 0.3) is 0 Å². The second-order valence-electron chi connectivity index (χ2n) is 6.06. The molecule has 0 saturated carbocycles. The minimum atomic E-state index is -1.18. The lowest BCUT2D eigenvalue weighted by atomic mass is 10.1. The third-order valence-electron chi connectivity index (χ3n) is 4.05. The SMILES string of the molecule is CCOc1ccc(NC(=O)C[C@H](NC[C@H]2CCCO2)C(=O)O)c([N+](=O)[O-])c1. The highest BCUT2D eigenvalue weighted by Crippen LogP contribution is 2.29. The van der Waals surface area contributed by atoms with Gasteiger partial charge in [0.25, 0.3) is 5.69 Å². The number of carboxylic acid groups (broad SMARTS) is 1. The number of carbonyl (C=O) groups is 2. The van der Waals surface area contributed by atoms with Gasteiger partial charge in [0.15, 0.2) is 0 Å². The molecule has 1 fully saturated rings. The van der Waals surface area contributed by atoms with Gasteiger partial charge >= 0.3 is 5.97 Å². The summed E-state index contributed by atoms with van der Waals surface area (Å²) in [5.41, 5.74) is -0.342. The lowest BCUT2D eigenvalue weighted by Gasteiger charge is -2.17. The zero-order valence-electron chi connectivity index (χ0n) is 15.0. The third-order valence-corrected chi connectivity index (χ3v) is 4.05. The monoisotopic (exact) mass is 381 g/mol. The van der Waals surface area contributed by atoms with Crippen molar-refractivity contribution in [3.05, 3.63) is 28.3 Å². The topological polar surface area (TPSA) is 140 Å². The van der Waals surface area contributed by atoms with Gasteiger partial charge in [0, 0.05) is 13.2 Å². The van der Waals surface area contributed by atoms with Gasteiger partial charge in [0.2, 0.25) is 5.91 Å². The van der Waals surface area contributed by atoms with Crippen molar-refractivity contribution in [1.29, 1.82) is 0 Å². The van der Waals surface area contributed by atoms with Crippen LogP contribution in [-0.2, 0) is 14.3 Å². The van der Waals surface area contributed by atoms with E-state index in [2.05, 4.69) is 10.6 Å². The van der Waals surface area contributed by atoms with Crippen LogP contribution in [0.1, 0.15) is 26.2 Å². The number of hydrogen-bond acceptors (Lipinski definition) is 7. The first-order valence-electron chi connectivity index (χ1n) is 8.69. The van der Waals surface area contributed by atoms with Crippen LogP contribution in [0, 0.1) is 10.1 Å². The average molecular weight is 381 g/mol. The molecule has 0 aromatic heterocycles. The van der Waals surface area contributed by atoms with Crippen molar-refractivity contribution >= 4 is 23.3 Å². The summed E-state index contributed by atoms with van der Waals surface area (Å²) >= 11 is 0. The maximum absolute atomic E-state index is 12.2. The highest BCUT2D eigenvalue weighted by molar-refractivity contribution is 5.95. The quantitative estimate of drug-likeness (QED) is 0.409. The predicted octanol–water partition coefficient (Wildman–Crippen LogP) is 1.54. The van der Waals surface area contributed by atoms with E-state index in [1.807, 2.05) is 0 Å². The zero-order chi connectivity index (χ0) is 19.8. The van der Waals surface area contributed by atoms with Gasteiger partial charge in [-0.3, -0.25) is 19.7 Å². The van der Waals surface area contributed by atoms with Gasteiger partial charge in [0.1, 0.15) is 17.5 Å². The molecule has 1 heterocycles. The summed E-state index contributed by atoms with van der Waals surface area (Å²) in [4.78, 5) is 34.2.